The van der Waals surface area contributed by atoms with Gasteiger partial charge in [0.2, 0.25) is 0 Å². The molecule has 1 aliphatic rings. The lowest BCUT2D eigenvalue weighted by atomic mass is 10.1. The third kappa shape index (κ3) is 4.85. The highest BCUT2D eigenvalue weighted by Gasteiger charge is 2.29. The van der Waals surface area contributed by atoms with E-state index in [1.807, 2.05) is 55.5 Å². The van der Waals surface area contributed by atoms with E-state index in [1.165, 1.54) is 11.8 Å². The molecule has 0 amide bonds. The number of aliphatic imine (C=N–C) groups is 1. The Balaban J connectivity index is 1.94. The average Bonchev–Trinajstić information content (AvgIpc) is 2.67. The van der Waals surface area contributed by atoms with Gasteiger partial charge in [-0.05, 0) is 42.7 Å². The molecule has 2 aromatic carbocycles. The lowest BCUT2D eigenvalue weighted by Crippen LogP contribution is -2.32. The highest BCUT2D eigenvalue weighted by molar-refractivity contribution is 8.14. The van der Waals surface area contributed by atoms with E-state index < -0.39 is 5.25 Å². The summed E-state index contributed by atoms with van der Waals surface area (Å²) in [5, 5.41) is 1.11. The van der Waals surface area contributed by atoms with Gasteiger partial charge in [-0.3, -0.25) is 4.79 Å². The molecular weight excluding hydrogens is 380 g/mol. The van der Waals surface area contributed by atoms with Gasteiger partial charge in [-0.15, -0.1) is 0 Å². The second-order valence-electron chi connectivity index (χ2n) is 6.25. The van der Waals surface area contributed by atoms with Gasteiger partial charge in [0, 0.05) is 18.1 Å². The number of hydrogen-bond donors (Lipinski definition) is 0. The number of rotatable bonds is 6. The molecule has 27 heavy (non-hydrogen) atoms. The van der Waals surface area contributed by atoms with Crippen molar-refractivity contribution in [3.05, 3.63) is 64.7 Å². The first kappa shape index (κ1) is 19.8. The molecule has 142 valence electrons. The molecule has 0 spiro atoms. The number of halogens is 1. The van der Waals surface area contributed by atoms with Crippen molar-refractivity contribution in [2.75, 3.05) is 13.2 Å². The van der Waals surface area contributed by atoms with E-state index in [1.54, 1.807) is 0 Å². The zero-order valence-electron chi connectivity index (χ0n) is 15.5. The highest BCUT2D eigenvalue weighted by atomic mass is 35.5. The van der Waals surface area contributed by atoms with Gasteiger partial charge in [-0.25, -0.2) is 4.99 Å². The Hall–Kier alpha value is -1.98. The Morgan fingerprint density at radius 2 is 2.04 bits per heavy atom. The van der Waals surface area contributed by atoms with Crippen LogP contribution in [0.1, 0.15) is 36.6 Å². The number of amidine groups is 1. The molecule has 2 aromatic rings. The molecule has 1 heterocycles. The number of hydrogen-bond acceptors (Lipinski definition) is 5. The average molecular weight is 403 g/mol. The fourth-order valence-electron chi connectivity index (χ4n) is 2.99. The van der Waals surface area contributed by atoms with Crippen molar-refractivity contribution < 1.29 is 9.53 Å². The van der Waals surface area contributed by atoms with Gasteiger partial charge < -0.3 is 9.64 Å². The Morgan fingerprint density at radius 3 is 2.74 bits per heavy atom. The van der Waals surface area contributed by atoms with Gasteiger partial charge in [0.05, 0.1) is 12.3 Å². The number of benzene rings is 2. The van der Waals surface area contributed by atoms with Gasteiger partial charge in [0.1, 0.15) is 5.25 Å². The summed E-state index contributed by atoms with van der Waals surface area (Å²) in [6.07, 6.45) is 0.991. The molecule has 6 heteroatoms. The molecule has 0 aromatic heterocycles. The topological polar surface area (TPSA) is 41.9 Å². The highest BCUT2D eigenvalue weighted by Crippen LogP contribution is 2.37. The van der Waals surface area contributed by atoms with Crippen molar-refractivity contribution in [3.63, 3.8) is 0 Å². The molecular formula is C21H23ClN2O2S. The summed E-state index contributed by atoms with van der Waals surface area (Å²) in [4.78, 5) is 19.7. The molecule has 0 radical (unpaired) electrons. The summed E-state index contributed by atoms with van der Waals surface area (Å²) in [5.41, 5.74) is 2.93. The normalized spacial score (nSPS) is 14.3. The molecule has 0 aliphatic carbocycles. The van der Waals surface area contributed by atoms with Crippen molar-refractivity contribution >= 4 is 40.2 Å². The number of thioether (sulfide) groups is 1. The Morgan fingerprint density at radius 1 is 1.26 bits per heavy atom. The second kappa shape index (κ2) is 9.29. The monoisotopic (exact) mass is 402 g/mol. The van der Waals surface area contributed by atoms with Crippen LogP contribution in [0, 0.1) is 0 Å². The maximum atomic E-state index is 12.6. The molecule has 0 N–H and O–H groups in total. The smallest absolute Gasteiger partial charge is 0.324 e. The standard InChI is InChI=1S/C21H23ClN2O2S/c1-3-12-24-14-16-13-17(22)10-11-18(16)23-21(24)27-19(20(25)26-4-2)15-8-6-5-7-9-15/h5-11,13,19H,3-4,12,14H2,1-2H3. The number of ether oxygens (including phenoxy) is 1. The maximum Gasteiger partial charge on any atom is 0.324 e. The molecule has 0 bridgehead atoms. The third-order valence-corrected chi connectivity index (χ3v) is 5.70. The predicted octanol–water partition coefficient (Wildman–Crippen LogP) is 5.59. The van der Waals surface area contributed by atoms with Crippen LogP contribution in [-0.2, 0) is 16.1 Å². The second-order valence-corrected chi connectivity index (χ2v) is 7.76. The Kier molecular flexibility index (Phi) is 6.80. The van der Waals surface area contributed by atoms with Crippen molar-refractivity contribution in [1.82, 2.24) is 4.90 Å². The maximum absolute atomic E-state index is 12.6. The number of fused-ring (bicyclic) bond motifs is 1. The van der Waals surface area contributed by atoms with Crippen LogP contribution in [0.25, 0.3) is 0 Å². The molecule has 0 saturated heterocycles. The number of nitrogens with zero attached hydrogens (tertiary/aromatic N) is 2. The Labute approximate surface area is 169 Å². The molecule has 4 nitrogen and oxygen atoms in total. The van der Waals surface area contributed by atoms with Crippen molar-refractivity contribution in [2.24, 2.45) is 4.99 Å². The number of carbonyl (C=O) groups is 1. The molecule has 3 rings (SSSR count). The minimum atomic E-state index is -0.446. The van der Waals surface area contributed by atoms with Crippen LogP contribution in [-0.4, -0.2) is 29.2 Å². The molecule has 1 unspecified atom stereocenters. The first-order valence-electron chi connectivity index (χ1n) is 9.12. The van der Waals surface area contributed by atoms with E-state index in [0.29, 0.717) is 11.6 Å². The number of esters is 1. The first-order chi connectivity index (χ1) is 13.1. The minimum Gasteiger partial charge on any atom is -0.465 e. The van der Waals surface area contributed by atoms with Crippen LogP contribution in [0.2, 0.25) is 5.02 Å². The van der Waals surface area contributed by atoms with Crippen LogP contribution in [0.5, 0.6) is 0 Å². The summed E-state index contributed by atoms with van der Waals surface area (Å²) in [5.74, 6) is -0.241. The van der Waals surface area contributed by atoms with E-state index in [0.717, 1.165) is 41.5 Å². The minimum absolute atomic E-state index is 0.241. The van der Waals surface area contributed by atoms with Gasteiger partial charge in [0.25, 0.3) is 0 Å². The zero-order chi connectivity index (χ0) is 19.2. The zero-order valence-corrected chi connectivity index (χ0v) is 17.1. The lowest BCUT2D eigenvalue weighted by molar-refractivity contribution is -0.142. The van der Waals surface area contributed by atoms with Crippen LogP contribution in [0.3, 0.4) is 0 Å². The van der Waals surface area contributed by atoms with Crippen LogP contribution >= 0.6 is 23.4 Å². The number of carbonyl (C=O) groups excluding carboxylic acids is 1. The van der Waals surface area contributed by atoms with Crippen molar-refractivity contribution in [2.45, 2.75) is 32.1 Å². The SMILES string of the molecule is CCCN1Cc2cc(Cl)ccc2N=C1SC(C(=O)OCC)c1ccccc1. The summed E-state index contributed by atoms with van der Waals surface area (Å²) < 4.78 is 5.33. The van der Waals surface area contributed by atoms with Crippen LogP contribution in [0.15, 0.2) is 53.5 Å². The van der Waals surface area contributed by atoms with E-state index in [9.17, 15) is 4.79 Å². The molecule has 1 atom stereocenters. The largest absolute Gasteiger partial charge is 0.465 e. The quantitative estimate of drug-likeness (QED) is 0.590. The van der Waals surface area contributed by atoms with E-state index in [2.05, 4.69) is 11.8 Å². The third-order valence-electron chi connectivity index (χ3n) is 4.21. The summed E-state index contributed by atoms with van der Waals surface area (Å²) >= 11 is 7.60. The summed E-state index contributed by atoms with van der Waals surface area (Å²) in [7, 11) is 0. The lowest BCUT2D eigenvalue weighted by Gasteiger charge is -2.31. The van der Waals surface area contributed by atoms with Gasteiger partial charge >= 0.3 is 5.97 Å². The molecule has 0 fully saturated rings. The predicted molar refractivity (Wildman–Crippen MR) is 113 cm³/mol. The molecule has 0 saturated carbocycles. The summed E-state index contributed by atoms with van der Waals surface area (Å²) in [6, 6.07) is 15.5. The van der Waals surface area contributed by atoms with Gasteiger partial charge in [0.15, 0.2) is 5.17 Å². The van der Waals surface area contributed by atoms with Crippen molar-refractivity contribution in [3.8, 4) is 0 Å². The van der Waals surface area contributed by atoms with E-state index in [4.69, 9.17) is 21.3 Å². The van der Waals surface area contributed by atoms with E-state index >= 15 is 0 Å². The van der Waals surface area contributed by atoms with Gasteiger partial charge in [-0.2, -0.15) is 0 Å². The first-order valence-corrected chi connectivity index (χ1v) is 10.4. The fraction of sp³-hybridized carbons (Fsp3) is 0.333. The van der Waals surface area contributed by atoms with Crippen LogP contribution < -0.4 is 0 Å². The van der Waals surface area contributed by atoms with Gasteiger partial charge in [-0.1, -0.05) is 60.6 Å². The van der Waals surface area contributed by atoms with Crippen molar-refractivity contribution in [1.29, 1.82) is 0 Å². The van der Waals surface area contributed by atoms with E-state index in [-0.39, 0.29) is 5.97 Å². The molecule has 1 aliphatic heterocycles. The summed E-state index contributed by atoms with van der Waals surface area (Å²) in [6.45, 7) is 5.92. The fourth-order valence-corrected chi connectivity index (χ4v) is 4.30. The van der Waals surface area contributed by atoms with Crippen LogP contribution in [0.4, 0.5) is 5.69 Å². The Bertz CT molecular complexity index is 826.